The van der Waals surface area contributed by atoms with E-state index in [0.717, 1.165) is 0 Å². The fraction of sp³-hybridized carbons (Fsp3) is 0.438. The average molecular weight is 373 g/mol. The Balaban J connectivity index is 2.47. The van der Waals surface area contributed by atoms with E-state index < -0.39 is 35.1 Å². The summed E-state index contributed by atoms with van der Waals surface area (Å²) in [6, 6.07) is 3.99. The van der Waals surface area contributed by atoms with Crippen molar-refractivity contribution < 1.29 is 32.3 Å². The summed E-state index contributed by atoms with van der Waals surface area (Å²) < 4.78 is 46.0. The van der Waals surface area contributed by atoms with E-state index in [1.165, 1.54) is 52.1 Å². The van der Waals surface area contributed by atoms with Gasteiger partial charge in [0.15, 0.2) is 0 Å². The van der Waals surface area contributed by atoms with Crippen molar-refractivity contribution in [3.8, 4) is 5.75 Å². The number of amides is 4. The minimum atomic E-state index is -5.25. The zero-order valence-electron chi connectivity index (χ0n) is 14.5. The lowest BCUT2D eigenvalue weighted by Gasteiger charge is -2.32. The van der Waals surface area contributed by atoms with Crippen molar-refractivity contribution >= 4 is 23.5 Å². The van der Waals surface area contributed by atoms with Crippen LogP contribution in [0.1, 0.15) is 20.8 Å². The maximum Gasteiger partial charge on any atom is 0.440 e. The Morgan fingerprint density at radius 2 is 1.69 bits per heavy atom. The number of hydrogen-bond acceptors (Lipinski definition) is 4. The van der Waals surface area contributed by atoms with Crippen molar-refractivity contribution in [2.24, 2.45) is 5.41 Å². The molecule has 1 aliphatic rings. The van der Waals surface area contributed by atoms with Crippen molar-refractivity contribution in [2.75, 3.05) is 12.0 Å². The van der Waals surface area contributed by atoms with E-state index in [4.69, 9.17) is 4.74 Å². The van der Waals surface area contributed by atoms with Gasteiger partial charge in [0.05, 0.1) is 12.8 Å². The van der Waals surface area contributed by atoms with Gasteiger partial charge in [-0.15, -0.1) is 0 Å². The molecule has 1 fully saturated rings. The first kappa shape index (κ1) is 19.5. The number of halogens is 3. The summed E-state index contributed by atoms with van der Waals surface area (Å²) in [7, 11) is 1.39. The number of imide groups is 1. The highest BCUT2D eigenvalue weighted by Crippen LogP contribution is 2.36. The van der Waals surface area contributed by atoms with E-state index in [1.807, 2.05) is 0 Å². The number of carbonyl (C=O) groups is 3. The zero-order valence-corrected chi connectivity index (χ0v) is 14.5. The van der Waals surface area contributed by atoms with Crippen molar-refractivity contribution in [3.05, 3.63) is 24.3 Å². The molecule has 0 spiro atoms. The van der Waals surface area contributed by atoms with Gasteiger partial charge in [0, 0.05) is 5.41 Å². The molecular formula is C16H18F3N3O4. The number of nitrogens with one attached hydrogen (secondary N) is 2. The second kappa shape index (κ2) is 6.19. The second-order valence-electron chi connectivity index (χ2n) is 6.72. The molecule has 7 nitrogen and oxygen atoms in total. The molecule has 1 atom stereocenters. The average Bonchev–Trinajstić information content (AvgIpc) is 2.78. The van der Waals surface area contributed by atoms with Crippen LogP contribution in [-0.2, 0) is 9.59 Å². The number of methoxy groups -OCH3 is 1. The molecule has 0 saturated carbocycles. The predicted molar refractivity (Wildman–Crippen MR) is 85.4 cm³/mol. The van der Waals surface area contributed by atoms with Gasteiger partial charge in [-0.05, 0) is 24.3 Å². The van der Waals surface area contributed by atoms with Crippen LogP contribution in [0.2, 0.25) is 0 Å². The molecule has 26 heavy (non-hydrogen) atoms. The predicted octanol–water partition coefficient (Wildman–Crippen LogP) is 2.17. The van der Waals surface area contributed by atoms with Gasteiger partial charge in [-0.25, -0.2) is 9.69 Å². The molecule has 0 aliphatic carbocycles. The maximum atomic E-state index is 13.7. The third kappa shape index (κ3) is 3.18. The van der Waals surface area contributed by atoms with E-state index in [-0.39, 0.29) is 5.69 Å². The van der Waals surface area contributed by atoms with Crippen LogP contribution in [0.4, 0.5) is 23.7 Å². The first-order valence-corrected chi connectivity index (χ1v) is 7.53. The van der Waals surface area contributed by atoms with Gasteiger partial charge in [0.2, 0.25) is 5.91 Å². The van der Waals surface area contributed by atoms with Crippen LogP contribution in [0.15, 0.2) is 24.3 Å². The third-order valence-electron chi connectivity index (χ3n) is 3.76. The maximum absolute atomic E-state index is 13.7. The van der Waals surface area contributed by atoms with Crippen LogP contribution < -0.4 is 20.3 Å². The molecule has 2 N–H and O–H groups in total. The van der Waals surface area contributed by atoms with Crippen molar-refractivity contribution in [1.82, 2.24) is 10.6 Å². The summed E-state index contributed by atoms with van der Waals surface area (Å²) in [5, 5.41) is 3.25. The van der Waals surface area contributed by atoms with Gasteiger partial charge >= 0.3 is 12.2 Å². The minimum absolute atomic E-state index is 0.0931. The van der Waals surface area contributed by atoms with Crippen LogP contribution >= 0.6 is 0 Å². The highest BCUT2D eigenvalue weighted by Gasteiger charge is 2.69. The monoisotopic (exact) mass is 373 g/mol. The molecule has 0 unspecified atom stereocenters. The number of benzene rings is 1. The molecule has 10 heteroatoms. The summed E-state index contributed by atoms with van der Waals surface area (Å²) in [6.45, 7) is 4.15. The van der Waals surface area contributed by atoms with Crippen LogP contribution in [0, 0.1) is 5.41 Å². The van der Waals surface area contributed by atoms with Crippen LogP contribution in [0.3, 0.4) is 0 Å². The topological polar surface area (TPSA) is 87.7 Å². The zero-order chi connectivity index (χ0) is 19.9. The molecule has 1 aromatic carbocycles. The molecule has 1 aliphatic heterocycles. The number of anilines is 1. The first-order chi connectivity index (χ1) is 11.8. The third-order valence-corrected chi connectivity index (χ3v) is 3.76. The molecule has 0 aromatic heterocycles. The summed E-state index contributed by atoms with van der Waals surface area (Å²) >= 11 is 0. The molecule has 1 heterocycles. The summed E-state index contributed by atoms with van der Waals surface area (Å²) in [5.41, 5.74) is -4.84. The highest BCUT2D eigenvalue weighted by atomic mass is 19.4. The number of alkyl halides is 3. The minimum Gasteiger partial charge on any atom is -0.497 e. The van der Waals surface area contributed by atoms with E-state index in [1.54, 1.807) is 10.6 Å². The quantitative estimate of drug-likeness (QED) is 0.795. The van der Waals surface area contributed by atoms with E-state index >= 15 is 0 Å². The van der Waals surface area contributed by atoms with Gasteiger partial charge < -0.3 is 10.1 Å². The Morgan fingerprint density at radius 1 is 1.15 bits per heavy atom. The molecule has 1 aromatic rings. The summed E-state index contributed by atoms with van der Waals surface area (Å²) in [4.78, 5) is 37.2. The standard InChI is InChI=1S/C16H18F3N3O4/c1-14(2,3)11(23)20-15(16(17,18)19)12(24)22(13(25)21-15)9-5-7-10(26-4)8-6-9/h5-8H,1-4H3,(H,20,23)(H,21,25)/t15-/m1/s1. The Bertz CT molecular complexity index is 741. The van der Waals surface area contributed by atoms with Crippen molar-refractivity contribution in [3.63, 3.8) is 0 Å². The van der Waals surface area contributed by atoms with Gasteiger partial charge in [0.25, 0.3) is 11.6 Å². The second-order valence-corrected chi connectivity index (χ2v) is 6.72. The summed E-state index contributed by atoms with van der Waals surface area (Å²) in [5.74, 6) is -2.29. The normalized spacial score (nSPS) is 20.8. The van der Waals surface area contributed by atoms with Crippen LogP contribution in [-0.4, -0.2) is 36.8 Å². The van der Waals surface area contributed by atoms with Crippen molar-refractivity contribution in [2.45, 2.75) is 32.6 Å². The van der Waals surface area contributed by atoms with E-state index in [9.17, 15) is 27.6 Å². The molecular weight excluding hydrogens is 355 g/mol. The van der Waals surface area contributed by atoms with E-state index in [0.29, 0.717) is 10.6 Å². The lowest BCUT2D eigenvalue weighted by Crippen LogP contribution is -2.70. The Morgan fingerprint density at radius 3 is 2.12 bits per heavy atom. The van der Waals surface area contributed by atoms with Crippen LogP contribution in [0.25, 0.3) is 0 Å². The summed E-state index contributed by atoms with van der Waals surface area (Å²) in [6.07, 6.45) is -5.25. The number of nitrogens with zero attached hydrogens (tertiary/aromatic N) is 1. The Kier molecular flexibility index (Phi) is 4.65. The molecule has 4 amide bonds. The fourth-order valence-corrected chi connectivity index (χ4v) is 2.20. The number of urea groups is 1. The first-order valence-electron chi connectivity index (χ1n) is 7.53. The fourth-order valence-electron chi connectivity index (χ4n) is 2.20. The Hall–Kier alpha value is -2.78. The van der Waals surface area contributed by atoms with Gasteiger partial charge in [-0.3, -0.25) is 14.9 Å². The van der Waals surface area contributed by atoms with Gasteiger partial charge in [-0.1, -0.05) is 20.8 Å². The lowest BCUT2D eigenvalue weighted by atomic mass is 9.94. The van der Waals surface area contributed by atoms with E-state index in [2.05, 4.69) is 0 Å². The van der Waals surface area contributed by atoms with Gasteiger partial charge in [-0.2, -0.15) is 13.2 Å². The molecule has 142 valence electrons. The Labute approximate surface area is 147 Å². The SMILES string of the molecule is COc1ccc(N2C(=O)N[C@@](NC(=O)C(C)(C)C)(C(F)(F)F)C2=O)cc1. The molecule has 0 radical (unpaired) electrons. The molecule has 2 rings (SSSR count). The van der Waals surface area contributed by atoms with Crippen LogP contribution in [0.5, 0.6) is 5.75 Å². The highest BCUT2D eigenvalue weighted by molar-refractivity contribution is 6.24. The molecule has 0 bridgehead atoms. The number of carbonyl (C=O) groups excluding carboxylic acids is 3. The largest absolute Gasteiger partial charge is 0.497 e. The van der Waals surface area contributed by atoms with Crippen molar-refractivity contribution in [1.29, 1.82) is 0 Å². The number of hydrogen-bond donors (Lipinski definition) is 2. The number of rotatable bonds is 3. The van der Waals surface area contributed by atoms with Gasteiger partial charge in [0.1, 0.15) is 5.75 Å². The number of ether oxygens (including phenoxy) is 1. The smallest absolute Gasteiger partial charge is 0.440 e. The molecule has 1 saturated heterocycles. The lowest BCUT2D eigenvalue weighted by molar-refractivity contribution is -0.202.